The molecule has 0 aromatic rings. The molecule has 0 bridgehead atoms. The Hall–Kier alpha value is -0.820. The van der Waals surface area contributed by atoms with Gasteiger partial charge in [0.05, 0.1) is 0 Å². The molecule has 0 heterocycles. The van der Waals surface area contributed by atoms with Crippen LogP contribution in [0.2, 0.25) is 0 Å². The van der Waals surface area contributed by atoms with Gasteiger partial charge in [-0.1, -0.05) is 54.0 Å². The summed E-state index contributed by atoms with van der Waals surface area (Å²) in [5, 5.41) is 0. The van der Waals surface area contributed by atoms with Crippen LogP contribution < -0.4 is 29.6 Å². The van der Waals surface area contributed by atoms with Crippen molar-refractivity contribution in [2.75, 3.05) is 0 Å². The minimum Gasteiger partial charge on any atom is -0.870 e. The maximum absolute atomic E-state index is 14.5. The summed E-state index contributed by atoms with van der Waals surface area (Å²) >= 11 is 0. The van der Waals surface area contributed by atoms with E-state index in [1.54, 1.807) is 13.2 Å². The van der Waals surface area contributed by atoms with Gasteiger partial charge in [-0.05, 0) is 104 Å². The van der Waals surface area contributed by atoms with Gasteiger partial charge >= 0.3 is 35.5 Å². The topological polar surface area (TPSA) is 108 Å². The predicted molar refractivity (Wildman–Crippen MR) is 157 cm³/mol. The van der Waals surface area contributed by atoms with E-state index in [-0.39, 0.29) is 122 Å². The van der Waals surface area contributed by atoms with Crippen molar-refractivity contribution >= 4 is 23.8 Å². The number of ketones is 2. The van der Waals surface area contributed by atoms with Gasteiger partial charge in [0, 0.05) is 23.2 Å². The molecule has 0 saturated heterocycles. The molecule has 0 aromatic heterocycles. The Bertz CT molecular complexity index is 1160. The van der Waals surface area contributed by atoms with Gasteiger partial charge in [0.2, 0.25) is 0 Å². The van der Waals surface area contributed by atoms with E-state index in [0.717, 1.165) is 57.8 Å². The van der Waals surface area contributed by atoms with E-state index in [1.807, 2.05) is 0 Å². The van der Waals surface area contributed by atoms with Gasteiger partial charge in [0.25, 0.3) is 0 Å². The Morgan fingerprint density at radius 1 is 0.952 bits per heavy atom. The van der Waals surface area contributed by atoms with Crippen molar-refractivity contribution in [2.24, 2.45) is 50.2 Å². The molecule has 1 N–H and O–H groups in total. The Labute approximate surface area is 275 Å². The van der Waals surface area contributed by atoms with E-state index in [1.165, 1.54) is 5.57 Å². The predicted octanol–water partition coefficient (Wildman–Crippen LogP) is 4.19. The molecule has 230 valence electrons. The van der Waals surface area contributed by atoms with E-state index < -0.39 is 0 Å². The van der Waals surface area contributed by atoms with Gasteiger partial charge in [0.1, 0.15) is 11.9 Å². The molecule has 2 unspecified atom stereocenters. The van der Waals surface area contributed by atoms with Crippen molar-refractivity contribution < 1.29 is 58.9 Å². The zero-order chi connectivity index (χ0) is 29.5. The van der Waals surface area contributed by atoms with Crippen LogP contribution >= 0.6 is 0 Å². The summed E-state index contributed by atoms with van der Waals surface area (Å²) in [6, 6.07) is 0. The van der Waals surface area contributed by atoms with Crippen molar-refractivity contribution in [1.29, 1.82) is 0 Å². The molecule has 0 spiro atoms. The normalized spacial score (nSPS) is 45.2. The monoisotopic (exact) mass is 591 g/mol. The van der Waals surface area contributed by atoms with Crippen LogP contribution in [0.4, 0.5) is 0 Å². The molecule has 42 heavy (non-hydrogen) atoms. The number of Topliss-reactive ketones (excluding diaryl/α,β-unsaturated/α-hetero) is 1. The second-order valence-electron chi connectivity index (χ2n) is 16.3. The fourth-order valence-electron chi connectivity index (χ4n) is 11.1. The molecule has 0 aliphatic heterocycles. The second-order valence-corrected chi connectivity index (χ2v) is 16.3. The van der Waals surface area contributed by atoms with Crippen molar-refractivity contribution in [2.45, 2.75) is 132 Å². The molecular formula is C35H52NaO6-. The van der Waals surface area contributed by atoms with Gasteiger partial charge < -0.3 is 15.0 Å². The van der Waals surface area contributed by atoms with Gasteiger partial charge in [0.15, 0.2) is 5.78 Å². The van der Waals surface area contributed by atoms with Gasteiger partial charge in [-0.3, -0.25) is 20.7 Å². The molecule has 0 aromatic carbocycles. The molecule has 4 saturated carbocycles. The van der Waals surface area contributed by atoms with Crippen molar-refractivity contribution in [3.63, 3.8) is 0 Å². The van der Waals surface area contributed by atoms with Crippen LogP contribution in [0.15, 0.2) is 11.6 Å². The van der Waals surface area contributed by atoms with Crippen molar-refractivity contribution in [3.8, 4) is 0 Å². The molecule has 0 radical (unpaired) electrons. The van der Waals surface area contributed by atoms with Crippen molar-refractivity contribution in [3.05, 3.63) is 11.6 Å². The average molecular weight is 592 g/mol. The van der Waals surface area contributed by atoms with E-state index in [0.29, 0.717) is 0 Å². The molecule has 6 nitrogen and oxygen atoms in total. The molecule has 5 aliphatic carbocycles. The first kappa shape index (κ1) is 35.7. The van der Waals surface area contributed by atoms with E-state index in [9.17, 15) is 19.2 Å². The number of ether oxygens (including phenoxy) is 1. The van der Waals surface area contributed by atoms with Crippen LogP contribution in [0, 0.1) is 50.2 Å². The molecule has 7 heteroatoms. The van der Waals surface area contributed by atoms with E-state index >= 15 is 0 Å². The number of carbonyl (C=O) groups excluding carboxylic acids is 4. The molecule has 0 amide bonds. The third-order valence-corrected chi connectivity index (χ3v) is 14.1. The average Bonchev–Trinajstić information content (AvgIpc) is 2.86. The van der Waals surface area contributed by atoms with Crippen molar-refractivity contribution in [1.82, 2.24) is 0 Å². The first-order valence-corrected chi connectivity index (χ1v) is 15.8. The number of carbonyl (C=O) groups is 3. The smallest absolute Gasteiger partial charge is 0.870 e. The number of hydrogen-bond donors (Lipinski definition) is 0. The number of allylic oxidation sites excluding steroid dienone is 2. The minimum atomic E-state index is -0.324. The zero-order valence-electron chi connectivity index (χ0n) is 27.7. The van der Waals surface area contributed by atoms with E-state index in [2.05, 4.69) is 54.5 Å². The summed E-state index contributed by atoms with van der Waals surface area (Å²) in [5.74, 6) is 0.709. The number of hydrogen-bond acceptors (Lipinski definition) is 6. The Balaban J connectivity index is 0.00000242. The first-order chi connectivity index (χ1) is 18.5. The quantitative estimate of drug-likeness (QED) is 0.270. The molecule has 4 fully saturated rings. The van der Waals surface area contributed by atoms with Crippen LogP contribution in [-0.4, -0.2) is 35.4 Å². The van der Waals surface area contributed by atoms with Gasteiger partial charge in [-0.2, -0.15) is 0 Å². The number of fused-ring (bicyclic) bond motifs is 7. The van der Waals surface area contributed by atoms with Crippen LogP contribution in [-0.2, 0) is 23.9 Å². The first-order valence-electron chi connectivity index (χ1n) is 15.8. The number of rotatable bonds is 5. The Morgan fingerprint density at radius 3 is 2.21 bits per heavy atom. The standard InChI is InChI=1S/C35H51O5.Na.H2O/c1-22(37)32(5)16-15-31(4)17-18-34(7)23(24(31)21-32)20-25(38)29-33(6)13-12-27(40-28(39)10-9-19-36)30(2,3)26(33)11-14-35(29,34)8;;/h20,24,26-27,29H,9-18,21H2,1-8H3;;1H2/q-1;+1;/p-1/t24-,26?,27-,29+,31+,32?,33-,34+,35+;;/m0../s1. The fourth-order valence-corrected chi connectivity index (χ4v) is 11.1. The SMILES string of the molecule is CC(=O)C1(C)CC[C@]2(C)CC[C@]3(C)C(=CC(=O)[C@@H]4[C@@]5(C)CC[C@H](OC(=O)CC[C-]=O)C(C)(C)C5CC[C@]43C)[C@@H]2C1.[Na+].[OH-]. The third kappa shape index (κ3) is 4.97. The second kappa shape index (κ2) is 11.5. The molecule has 5 aliphatic rings. The van der Waals surface area contributed by atoms with E-state index in [4.69, 9.17) is 4.74 Å². The summed E-state index contributed by atoms with van der Waals surface area (Å²) < 4.78 is 5.96. The maximum Gasteiger partial charge on any atom is 1.00 e. The Morgan fingerprint density at radius 2 is 1.60 bits per heavy atom. The molecule has 9 atom stereocenters. The third-order valence-electron chi connectivity index (χ3n) is 14.1. The molecule has 5 rings (SSSR count). The summed E-state index contributed by atoms with van der Waals surface area (Å²) in [6.45, 7) is 17.9. The van der Waals surface area contributed by atoms with Crippen LogP contribution in [0.25, 0.3) is 0 Å². The zero-order valence-corrected chi connectivity index (χ0v) is 29.7. The minimum absolute atomic E-state index is 0. The maximum atomic E-state index is 14.5. The largest absolute Gasteiger partial charge is 1.00 e. The summed E-state index contributed by atoms with van der Waals surface area (Å²) in [5.41, 5.74) is 0.514. The molecular weight excluding hydrogens is 539 g/mol. The summed E-state index contributed by atoms with van der Waals surface area (Å²) in [7, 11) is 0. The summed E-state index contributed by atoms with van der Waals surface area (Å²) in [6.07, 6.45) is 12.5. The van der Waals surface area contributed by atoms with Crippen LogP contribution in [0.5, 0.6) is 0 Å². The van der Waals surface area contributed by atoms with Crippen LogP contribution in [0.1, 0.15) is 126 Å². The van der Waals surface area contributed by atoms with Gasteiger partial charge in [-0.15, -0.1) is 6.42 Å². The fraction of sp³-hybridized carbons (Fsp3) is 0.829. The summed E-state index contributed by atoms with van der Waals surface area (Å²) in [4.78, 5) is 50.4. The van der Waals surface area contributed by atoms with Gasteiger partial charge in [-0.25, -0.2) is 0 Å². The number of esters is 1. The Kier molecular flexibility index (Phi) is 9.78. The van der Waals surface area contributed by atoms with Crippen LogP contribution in [0.3, 0.4) is 0 Å².